The topological polar surface area (TPSA) is 105 Å². The number of aromatic nitrogens is 5. The van der Waals surface area contributed by atoms with Gasteiger partial charge in [-0.05, 0) is 37.1 Å². The van der Waals surface area contributed by atoms with E-state index < -0.39 is 0 Å². The summed E-state index contributed by atoms with van der Waals surface area (Å²) in [6.07, 6.45) is 4.06. The molecule has 4 aromatic rings. The molecule has 5 rings (SSSR count). The average molecular weight is 439 g/mol. The Bertz CT molecular complexity index is 1260. The second kappa shape index (κ2) is 8.04. The van der Waals surface area contributed by atoms with E-state index in [-0.39, 0.29) is 17.2 Å². The van der Waals surface area contributed by atoms with Crippen LogP contribution < -0.4 is 10.9 Å². The summed E-state index contributed by atoms with van der Waals surface area (Å²) in [7, 11) is 0. The van der Waals surface area contributed by atoms with Crippen LogP contribution in [-0.4, -0.2) is 36.2 Å². The fraction of sp³-hybridized carbons (Fsp3) is 0.250. The molecule has 1 fully saturated rings. The van der Waals surface area contributed by atoms with Crippen LogP contribution in [0.2, 0.25) is 0 Å². The molecule has 0 bridgehead atoms. The maximum Gasteiger partial charge on any atom is 0.258 e. The first-order valence-corrected chi connectivity index (χ1v) is 11.6. The van der Waals surface area contributed by atoms with Gasteiger partial charge in [0.2, 0.25) is 5.91 Å². The number of amides is 1. The minimum Gasteiger partial charge on any atom is -0.325 e. The molecule has 152 valence electrons. The van der Waals surface area contributed by atoms with Gasteiger partial charge in [-0.3, -0.25) is 19.1 Å². The molecule has 1 amide bonds. The number of aromatic amines is 1. The Hall–Kier alpha value is -2.98. The van der Waals surface area contributed by atoms with Crippen LogP contribution in [0.15, 0.2) is 46.7 Å². The van der Waals surface area contributed by atoms with Gasteiger partial charge in [0.15, 0.2) is 10.8 Å². The van der Waals surface area contributed by atoms with Crippen LogP contribution >= 0.6 is 23.1 Å². The number of H-pyrrole nitrogens is 1. The van der Waals surface area contributed by atoms with Gasteiger partial charge in [0, 0.05) is 40.6 Å². The van der Waals surface area contributed by atoms with Gasteiger partial charge in [-0.15, -0.1) is 23.1 Å². The zero-order valence-electron chi connectivity index (χ0n) is 15.9. The predicted octanol–water partition coefficient (Wildman–Crippen LogP) is 3.29. The number of nitrogens with one attached hydrogen (secondary N) is 2. The number of fused-ring (bicyclic) bond motifs is 1. The zero-order chi connectivity index (χ0) is 20.5. The summed E-state index contributed by atoms with van der Waals surface area (Å²) < 4.78 is 1.51. The highest BCUT2D eigenvalue weighted by molar-refractivity contribution is 7.99. The molecule has 30 heavy (non-hydrogen) atoms. The molecule has 0 unspecified atom stereocenters. The van der Waals surface area contributed by atoms with Gasteiger partial charge < -0.3 is 5.32 Å². The van der Waals surface area contributed by atoms with E-state index in [0.29, 0.717) is 28.1 Å². The highest BCUT2D eigenvalue weighted by Gasteiger charge is 2.27. The van der Waals surface area contributed by atoms with Crippen LogP contribution in [0.3, 0.4) is 0 Å². The van der Waals surface area contributed by atoms with E-state index in [9.17, 15) is 9.59 Å². The van der Waals surface area contributed by atoms with Crippen molar-refractivity contribution in [2.45, 2.75) is 24.5 Å². The van der Waals surface area contributed by atoms with E-state index in [1.54, 1.807) is 6.20 Å². The Morgan fingerprint density at radius 3 is 2.90 bits per heavy atom. The molecular formula is C20H18N6O2S2. The maximum absolute atomic E-state index is 12.2. The van der Waals surface area contributed by atoms with Gasteiger partial charge in [-0.25, -0.2) is 9.97 Å². The van der Waals surface area contributed by atoms with Crippen molar-refractivity contribution in [3.8, 4) is 11.4 Å². The molecule has 8 nitrogen and oxygen atoms in total. The number of carbonyl (C=O) groups excluding carboxylic acids is 1. The molecule has 1 saturated carbocycles. The summed E-state index contributed by atoms with van der Waals surface area (Å²) in [5, 5.41) is 12.0. The second-order valence-electron chi connectivity index (χ2n) is 7.08. The second-order valence-corrected chi connectivity index (χ2v) is 8.94. The number of carbonyl (C=O) groups is 1. The molecule has 1 aromatic carbocycles. The summed E-state index contributed by atoms with van der Waals surface area (Å²) in [4.78, 5) is 33.9. The molecule has 0 spiro atoms. The molecule has 0 aliphatic heterocycles. The third-order valence-electron chi connectivity index (χ3n) is 4.73. The van der Waals surface area contributed by atoms with Crippen molar-refractivity contribution in [1.82, 2.24) is 24.6 Å². The number of nitrogens with zero attached hydrogens (tertiary/aromatic N) is 4. The lowest BCUT2D eigenvalue weighted by Crippen LogP contribution is -2.15. The van der Waals surface area contributed by atoms with E-state index in [1.807, 2.05) is 29.6 Å². The van der Waals surface area contributed by atoms with Crippen LogP contribution in [0, 0.1) is 0 Å². The minimum atomic E-state index is -0.101. The number of rotatable bonds is 7. The van der Waals surface area contributed by atoms with Gasteiger partial charge >= 0.3 is 0 Å². The van der Waals surface area contributed by atoms with Gasteiger partial charge in [0.1, 0.15) is 5.82 Å². The number of anilines is 1. The highest BCUT2D eigenvalue weighted by atomic mass is 32.2. The van der Waals surface area contributed by atoms with Gasteiger partial charge in [0.25, 0.3) is 5.56 Å². The Morgan fingerprint density at radius 1 is 1.27 bits per heavy atom. The predicted molar refractivity (Wildman–Crippen MR) is 118 cm³/mol. The van der Waals surface area contributed by atoms with Crippen LogP contribution in [-0.2, 0) is 10.5 Å². The molecule has 10 heteroatoms. The van der Waals surface area contributed by atoms with Crippen molar-refractivity contribution >= 4 is 39.7 Å². The summed E-state index contributed by atoms with van der Waals surface area (Å²) in [6, 6.07) is 9.00. The van der Waals surface area contributed by atoms with E-state index in [4.69, 9.17) is 0 Å². The Balaban J connectivity index is 1.14. The van der Waals surface area contributed by atoms with E-state index in [0.717, 1.165) is 17.1 Å². The standard InChI is InChI=1S/C20H18N6O2S2/c27-16(11-29-10-15-9-17(28)26-7-8-30-20(26)22-15)21-14-5-3-13(4-6-14)19-23-18(24-25-19)12-1-2-12/h3-9,12H,1-2,10-11H2,(H,21,27)(H,23,24,25). The Labute approximate surface area is 179 Å². The van der Waals surface area contributed by atoms with Crippen molar-refractivity contribution in [3.05, 3.63) is 63.8 Å². The number of thioether (sulfide) groups is 1. The first-order valence-electron chi connectivity index (χ1n) is 9.52. The fourth-order valence-electron chi connectivity index (χ4n) is 3.05. The Morgan fingerprint density at radius 2 is 2.10 bits per heavy atom. The summed E-state index contributed by atoms with van der Waals surface area (Å²) in [5.74, 6) is 2.84. The largest absolute Gasteiger partial charge is 0.325 e. The number of hydrogen-bond acceptors (Lipinski definition) is 7. The number of thiazole rings is 1. The molecule has 1 aliphatic rings. The fourth-order valence-corrected chi connectivity index (χ4v) is 4.51. The smallest absolute Gasteiger partial charge is 0.258 e. The molecule has 0 saturated heterocycles. The van der Waals surface area contributed by atoms with E-state index >= 15 is 0 Å². The van der Waals surface area contributed by atoms with Crippen molar-refractivity contribution < 1.29 is 4.79 Å². The van der Waals surface area contributed by atoms with Crippen molar-refractivity contribution in [2.75, 3.05) is 11.1 Å². The SMILES string of the molecule is O=C(CSCc1cc(=O)n2ccsc2n1)Nc1ccc(-c2n[nH]c(C3CC3)n2)cc1. The molecule has 3 aromatic heterocycles. The Kier molecular flexibility index (Phi) is 5.09. The van der Waals surface area contributed by atoms with Crippen LogP contribution in [0.4, 0.5) is 5.69 Å². The van der Waals surface area contributed by atoms with Crippen LogP contribution in [0.25, 0.3) is 16.3 Å². The summed E-state index contributed by atoms with van der Waals surface area (Å²) in [5.41, 5.74) is 2.21. The lowest BCUT2D eigenvalue weighted by Gasteiger charge is -2.06. The van der Waals surface area contributed by atoms with E-state index in [1.165, 1.54) is 46.4 Å². The molecule has 0 atom stereocenters. The van der Waals surface area contributed by atoms with Crippen molar-refractivity contribution in [1.29, 1.82) is 0 Å². The van der Waals surface area contributed by atoms with Gasteiger partial charge in [0.05, 0.1) is 11.4 Å². The lowest BCUT2D eigenvalue weighted by molar-refractivity contribution is -0.113. The number of benzene rings is 1. The highest BCUT2D eigenvalue weighted by Crippen LogP contribution is 2.38. The van der Waals surface area contributed by atoms with Gasteiger partial charge in [-0.2, -0.15) is 5.10 Å². The first kappa shape index (κ1) is 19.0. The maximum atomic E-state index is 12.2. The quantitative estimate of drug-likeness (QED) is 0.459. The van der Waals surface area contributed by atoms with Crippen LogP contribution in [0.1, 0.15) is 30.3 Å². The monoisotopic (exact) mass is 438 g/mol. The average Bonchev–Trinajstić information content (AvgIpc) is 3.26. The normalized spacial score (nSPS) is 13.6. The third kappa shape index (κ3) is 4.14. The van der Waals surface area contributed by atoms with Crippen LogP contribution in [0.5, 0.6) is 0 Å². The first-order chi connectivity index (χ1) is 14.7. The summed E-state index contributed by atoms with van der Waals surface area (Å²) >= 11 is 2.84. The molecule has 0 radical (unpaired) electrons. The molecule has 2 N–H and O–H groups in total. The zero-order valence-corrected chi connectivity index (χ0v) is 17.5. The molecular weight excluding hydrogens is 420 g/mol. The van der Waals surface area contributed by atoms with Crippen molar-refractivity contribution in [3.63, 3.8) is 0 Å². The lowest BCUT2D eigenvalue weighted by atomic mass is 10.2. The van der Waals surface area contributed by atoms with Crippen molar-refractivity contribution in [2.24, 2.45) is 0 Å². The third-order valence-corrected chi connectivity index (χ3v) is 6.46. The molecule has 3 heterocycles. The number of hydrogen-bond donors (Lipinski definition) is 2. The minimum absolute atomic E-state index is 0.1000. The molecule has 1 aliphatic carbocycles. The van der Waals surface area contributed by atoms with E-state index in [2.05, 4.69) is 25.5 Å². The van der Waals surface area contributed by atoms with Gasteiger partial charge in [-0.1, -0.05) is 0 Å². The summed E-state index contributed by atoms with van der Waals surface area (Å²) in [6.45, 7) is 0.